The number of hydrazone groups is 1. The summed E-state index contributed by atoms with van der Waals surface area (Å²) in [5.41, 5.74) is 6.24. The highest BCUT2D eigenvalue weighted by molar-refractivity contribution is 5.85. The molecule has 0 saturated carbocycles. The third-order valence-corrected chi connectivity index (χ3v) is 4.10. The van der Waals surface area contributed by atoms with Crippen LogP contribution in [0.25, 0.3) is 0 Å². The van der Waals surface area contributed by atoms with Crippen LogP contribution in [-0.4, -0.2) is 12.1 Å². The van der Waals surface area contributed by atoms with Crippen LogP contribution in [0, 0.1) is 12.7 Å². The van der Waals surface area contributed by atoms with Gasteiger partial charge in [-0.1, -0.05) is 54.1 Å². The molecule has 5 heteroatoms. The second kappa shape index (κ2) is 9.46. The minimum Gasteiger partial charge on any atom is -0.488 e. The number of nitrogens with one attached hydrogen (secondary N) is 1. The van der Waals surface area contributed by atoms with E-state index in [4.69, 9.17) is 4.74 Å². The maximum atomic E-state index is 12.9. The third-order valence-electron chi connectivity index (χ3n) is 4.10. The Balaban J connectivity index is 1.56. The van der Waals surface area contributed by atoms with Crippen molar-refractivity contribution >= 4 is 12.1 Å². The number of rotatable bonds is 7. The van der Waals surface area contributed by atoms with Crippen LogP contribution < -0.4 is 10.2 Å². The van der Waals surface area contributed by atoms with Crippen LogP contribution in [0.4, 0.5) is 4.39 Å². The fourth-order valence-electron chi connectivity index (χ4n) is 2.57. The summed E-state index contributed by atoms with van der Waals surface area (Å²) in [6.45, 7) is 2.49. The monoisotopic (exact) mass is 376 g/mol. The maximum Gasteiger partial charge on any atom is 0.244 e. The number of nitrogens with zero attached hydrogens (tertiary/aromatic N) is 1. The molecule has 0 unspecified atom stereocenters. The van der Waals surface area contributed by atoms with E-state index in [1.807, 2.05) is 55.5 Å². The molecule has 3 aromatic rings. The zero-order valence-corrected chi connectivity index (χ0v) is 15.6. The van der Waals surface area contributed by atoms with Gasteiger partial charge in [-0.05, 0) is 42.3 Å². The molecule has 3 rings (SSSR count). The number of para-hydroxylation sites is 1. The highest BCUT2D eigenvalue weighted by atomic mass is 19.1. The highest BCUT2D eigenvalue weighted by Gasteiger charge is 2.04. The first-order valence-electron chi connectivity index (χ1n) is 8.94. The van der Waals surface area contributed by atoms with E-state index in [0.717, 1.165) is 16.7 Å². The summed E-state index contributed by atoms with van der Waals surface area (Å²) in [6.07, 6.45) is 1.68. The molecule has 28 heavy (non-hydrogen) atoms. The Labute approximate surface area is 163 Å². The van der Waals surface area contributed by atoms with Gasteiger partial charge in [0.1, 0.15) is 18.2 Å². The van der Waals surface area contributed by atoms with Gasteiger partial charge in [0.05, 0.1) is 12.6 Å². The molecule has 0 atom stereocenters. The molecule has 1 N–H and O–H groups in total. The molecular weight excluding hydrogens is 355 g/mol. The smallest absolute Gasteiger partial charge is 0.244 e. The molecule has 1 amide bonds. The van der Waals surface area contributed by atoms with Crippen LogP contribution >= 0.6 is 0 Å². The fourth-order valence-corrected chi connectivity index (χ4v) is 2.57. The Hall–Kier alpha value is -3.47. The predicted molar refractivity (Wildman–Crippen MR) is 108 cm³/mol. The largest absolute Gasteiger partial charge is 0.488 e. The molecule has 0 radical (unpaired) electrons. The van der Waals surface area contributed by atoms with E-state index < -0.39 is 0 Å². The SMILES string of the molecule is Cc1ccc(COc2ccccc2/C=N/NC(=O)Cc2ccc(F)cc2)cc1. The van der Waals surface area contributed by atoms with Gasteiger partial charge in [0.2, 0.25) is 5.91 Å². The number of amides is 1. The van der Waals surface area contributed by atoms with Crippen molar-refractivity contribution in [2.24, 2.45) is 5.10 Å². The van der Waals surface area contributed by atoms with Crippen LogP contribution in [0.2, 0.25) is 0 Å². The molecule has 0 saturated heterocycles. The van der Waals surface area contributed by atoms with Crippen LogP contribution in [0.3, 0.4) is 0 Å². The number of hydrogen-bond donors (Lipinski definition) is 1. The number of hydrogen-bond acceptors (Lipinski definition) is 3. The van der Waals surface area contributed by atoms with E-state index in [-0.39, 0.29) is 18.1 Å². The molecule has 0 fully saturated rings. The number of ether oxygens (including phenoxy) is 1. The van der Waals surface area contributed by atoms with Gasteiger partial charge in [0.15, 0.2) is 0 Å². The molecule has 4 nitrogen and oxygen atoms in total. The predicted octanol–water partition coefficient (Wildman–Crippen LogP) is 4.41. The number of aryl methyl sites for hydroxylation is 1. The normalized spacial score (nSPS) is 10.8. The molecule has 0 heterocycles. The summed E-state index contributed by atoms with van der Waals surface area (Å²) < 4.78 is 18.8. The summed E-state index contributed by atoms with van der Waals surface area (Å²) in [5.74, 6) is 0.0740. The summed E-state index contributed by atoms with van der Waals surface area (Å²) in [4.78, 5) is 12.0. The van der Waals surface area contributed by atoms with Crippen molar-refractivity contribution < 1.29 is 13.9 Å². The van der Waals surface area contributed by atoms with Crippen molar-refractivity contribution in [3.05, 3.63) is 101 Å². The quantitative estimate of drug-likeness (QED) is 0.491. The van der Waals surface area contributed by atoms with Gasteiger partial charge in [0, 0.05) is 5.56 Å². The summed E-state index contributed by atoms with van der Waals surface area (Å²) in [6, 6.07) is 21.4. The summed E-state index contributed by atoms with van der Waals surface area (Å²) in [5, 5.41) is 4.00. The van der Waals surface area contributed by atoms with E-state index in [2.05, 4.69) is 10.5 Å². The molecule has 3 aromatic carbocycles. The Bertz CT molecular complexity index is 951. The standard InChI is InChI=1S/C23H21FN2O2/c1-17-6-8-19(9-7-17)16-28-22-5-3-2-4-20(22)15-25-26-23(27)14-18-10-12-21(24)13-11-18/h2-13,15H,14,16H2,1H3,(H,26,27)/b25-15+. The van der Waals surface area contributed by atoms with E-state index in [9.17, 15) is 9.18 Å². The van der Waals surface area contributed by atoms with Gasteiger partial charge in [-0.3, -0.25) is 4.79 Å². The lowest BCUT2D eigenvalue weighted by Crippen LogP contribution is -2.19. The maximum absolute atomic E-state index is 12.9. The van der Waals surface area contributed by atoms with Crippen molar-refractivity contribution in [3.63, 3.8) is 0 Å². The van der Waals surface area contributed by atoms with Gasteiger partial charge >= 0.3 is 0 Å². The first-order chi connectivity index (χ1) is 13.6. The lowest BCUT2D eigenvalue weighted by atomic mass is 10.1. The molecule has 0 bridgehead atoms. The third kappa shape index (κ3) is 5.77. The van der Waals surface area contributed by atoms with Crippen molar-refractivity contribution in [1.82, 2.24) is 5.43 Å². The molecule has 0 aliphatic rings. The van der Waals surface area contributed by atoms with Crippen LogP contribution in [0.1, 0.15) is 22.3 Å². The topological polar surface area (TPSA) is 50.7 Å². The van der Waals surface area contributed by atoms with Gasteiger partial charge in [-0.15, -0.1) is 0 Å². The molecule has 142 valence electrons. The second-order valence-electron chi connectivity index (χ2n) is 6.41. The van der Waals surface area contributed by atoms with Gasteiger partial charge < -0.3 is 4.74 Å². The first kappa shape index (κ1) is 19.3. The molecular formula is C23H21FN2O2. The van der Waals surface area contributed by atoms with E-state index in [1.54, 1.807) is 18.3 Å². The van der Waals surface area contributed by atoms with Gasteiger partial charge in [-0.25, -0.2) is 9.82 Å². The van der Waals surface area contributed by atoms with Gasteiger partial charge in [-0.2, -0.15) is 5.10 Å². The molecule has 0 aliphatic carbocycles. The van der Waals surface area contributed by atoms with Crippen molar-refractivity contribution in [3.8, 4) is 5.75 Å². The number of benzene rings is 3. The Morgan fingerprint density at radius 2 is 1.68 bits per heavy atom. The average Bonchev–Trinajstić information content (AvgIpc) is 2.70. The molecule has 0 spiro atoms. The zero-order chi connectivity index (χ0) is 19.8. The molecule has 0 aliphatic heterocycles. The minimum absolute atomic E-state index is 0.128. The van der Waals surface area contributed by atoms with Crippen molar-refractivity contribution in [2.75, 3.05) is 0 Å². The van der Waals surface area contributed by atoms with E-state index in [1.165, 1.54) is 17.7 Å². The van der Waals surface area contributed by atoms with Crippen LogP contribution in [0.5, 0.6) is 5.75 Å². The van der Waals surface area contributed by atoms with E-state index >= 15 is 0 Å². The molecule has 0 aromatic heterocycles. The van der Waals surface area contributed by atoms with Crippen molar-refractivity contribution in [2.45, 2.75) is 20.0 Å². The van der Waals surface area contributed by atoms with E-state index in [0.29, 0.717) is 12.4 Å². The number of halogens is 1. The fraction of sp³-hybridized carbons (Fsp3) is 0.130. The number of carbonyl (C=O) groups is 1. The lowest BCUT2D eigenvalue weighted by Gasteiger charge is -2.09. The second-order valence-corrected chi connectivity index (χ2v) is 6.41. The summed E-state index contributed by atoms with van der Waals surface area (Å²) >= 11 is 0. The van der Waals surface area contributed by atoms with Crippen LogP contribution in [-0.2, 0) is 17.8 Å². The van der Waals surface area contributed by atoms with Gasteiger partial charge in [0.25, 0.3) is 0 Å². The zero-order valence-electron chi connectivity index (χ0n) is 15.6. The minimum atomic E-state index is -0.329. The number of carbonyl (C=O) groups excluding carboxylic acids is 1. The lowest BCUT2D eigenvalue weighted by molar-refractivity contribution is -0.120. The highest BCUT2D eigenvalue weighted by Crippen LogP contribution is 2.17. The average molecular weight is 376 g/mol. The van der Waals surface area contributed by atoms with Crippen molar-refractivity contribution in [1.29, 1.82) is 0 Å². The van der Waals surface area contributed by atoms with Crippen LogP contribution in [0.15, 0.2) is 77.9 Å². The Kier molecular flexibility index (Phi) is 6.52. The summed E-state index contributed by atoms with van der Waals surface area (Å²) in [7, 11) is 0. The first-order valence-corrected chi connectivity index (χ1v) is 8.94. The Morgan fingerprint density at radius 3 is 2.43 bits per heavy atom. The Morgan fingerprint density at radius 1 is 1.00 bits per heavy atom.